The number of aromatic amines is 1. The lowest BCUT2D eigenvalue weighted by Gasteiger charge is -2.13. The number of carbonyl (C=O) groups is 2. The van der Waals surface area contributed by atoms with Gasteiger partial charge in [-0.2, -0.15) is 0 Å². The number of aryl methyl sites for hydroxylation is 2. The molecule has 146 valence electrons. The second-order valence-electron chi connectivity index (χ2n) is 6.05. The zero-order chi connectivity index (χ0) is 20.6. The Labute approximate surface area is 161 Å². The number of hydrogen-bond acceptors (Lipinski definition) is 6. The number of fused-ring (bicyclic) bond motifs is 1. The molecule has 7 nitrogen and oxygen atoms in total. The Morgan fingerprint density at radius 3 is 2.64 bits per heavy atom. The highest BCUT2D eigenvalue weighted by Gasteiger charge is 2.24. The molecule has 3 rings (SSSR count). The number of nitrogens with one attached hydrogen (secondary N) is 2. The summed E-state index contributed by atoms with van der Waals surface area (Å²) in [7, 11) is 0. The number of thiophene rings is 1. The summed E-state index contributed by atoms with van der Waals surface area (Å²) in [5, 5.41) is 2.63. The molecule has 3 aromatic rings. The van der Waals surface area contributed by atoms with E-state index in [1.165, 1.54) is 13.0 Å². The van der Waals surface area contributed by atoms with E-state index in [2.05, 4.69) is 15.3 Å². The standard InChI is InChI=1S/C18H15F2N3O4S/c1-7-13-16(25)21-9(3)22-17(13)28-14(7)18(26)27-8(2)15(24)23-10-4-5-11(19)12(20)6-10/h4-6,8H,1-3H3,(H,23,24)(H,21,22,25)/t8-/m1/s1. The van der Waals surface area contributed by atoms with E-state index in [1.807, 2.05) is 0 Å². The van der Waals surface area contributed by atoms with E-state index in [-0.39, 0.29) is 16.1 Å². The van der Waals surface area contributed by atoms with Gasteiger partial charge in [0, 0.05) is 11.8 Å². The minimum atomic E-state index is -1.21. The molecule has 1 aromatic carbocycles. The minimum absolute atomic E-state index is 0.0241. The number of ether oxygens (including phenoxy) is 1. The van der Waals surface area contributed by atoms with Crippen LogP contribution in [0.2, 0.25) is 0 Å². The maximum atomic E-state index is 13.2. The first kappa shape index (κ1) is 19.6. The molecule has 2 heterocycles. The van der Waals surface area contributed by atoms with Crippen LogP contribution in [0.25, 0.3) is 10.2 Å². The predicted octanol–water partition coefficient (Wildman–Crippen LogP) is 3.06. The summed E-state index contributed by atoms with van der Waals surface area (Å²) < 4.78 is 31.3. The fourth-order valence-corrected chi connectivity index (χ4v) is 3.64. The van der Waals surface area contributed by atoms with Gasteiger partial charge in [0.2, 0.25) is 0 Å². The maximum absolute atomic E-state index is 13.2. The molecular weight excluding hydrogens is 392 g/mol. The number of esters is 1. The van der Waals surface area contributed by atoms with Gasteiger partial charge in [-0.15, -0.1) is 11.3 Å². The SMILES string of the molecule is Cc1nc2sc(C(=O)O[C@H](C)C(=O)Nc3ccc(F)c(F)c3)c(C)c2c(=O)[nH]1. The van der Waals surface area contributed by atoms with Crippen molar-refractivity contribution in [1.29, 1.82) is 0 Å². The minimum Gasteiger partial charge on any atom is -0.448 e. The Bertz CT molecular complexity index is 1160. The van der Waals surface area contributed by atoms with Gasteiger partial charge in [-0.3, -0.25) is 9.59 Å². The van der Waals surface area contributed by atoms with Crippen LogP contribution >= 0.6 is 11.3 Å². The van der Waals surface area contributed by atoms with Crippen molar-refractivity contribution in [2.45, 2.75) is 26.9 Å². The quantitative estimate of drug-likeness (QED) is 0.648. The highest BCUT2D eigenvalue weighted by molar-refractivity contribution is 7.20. The van der Waals surface area contributed by atoms with Gasteiger partial charge in [0.25, 0.3) is 11.5 Å². The molecular formula is C18H15F2N3O4S. The average molecular weight is 407 g/mol. The average Bonchev–Trinajstić information content (AvgIpc) is 2.94. The number of benzene rings is 1. The van der Waals surface area contributed by atoms with Crippen molar-refractivity contribution in [2.24, 2.45) is 0 Å². The van der Waals surface area contributed by atoms with Gasteiger partial charge in [-0.25, -0.2) is 18.6 Å². The molecule has 10 heteroatoms. The highest BCUT2D eigenvalue weighted by Crippen LogP contribution is 2.28. The number of H-pyrrole nitrogens is 1. The largest absolute Gasteiger partial charge is 0.448 e. The van der Waals surface area contributed by atoms with Crippen LogP contribution in [0.4, 0.5) is 14.5 Å². The first-order valence-electron chi connectivity index (χ1n) is 8.14. The lowest BCUT2D eigenvalue weighted by Crippen LogP contribution is -2.30. The van der Waals surface area contributed by atoms with Crippen LogP contribution < -0.4 is 10.9 Å². The zero-order valence-electron chi connectivity index (χ0n) is 15.1. The molecule has 0 radical (unpaired) electrons. The number of nitrogens with zero attached hydrogens (tertiary/aromatic N) is 1. The molecule has 0 saturated carbocycles. The van der Waals surface area contributed by atoms with Gasteiger partial charge in [-0.1, -0.05) is 0 Å². The predicted molar refractivity (Wildman–Crippen MR) is 99.6 cm³/mol. The summed E-state index contributed by atoms with van der Waals surface area (Å²) >= 11 is 0.993. The van der Waals surface area contributed by atoms with E-state index in [9.17, 15) is 23.2 Å². The molecule has 0 spiro atoms. The number of aromatic nitrogens is 2. The maximum Gasteiger partial charge on any atom is 0.349 e. The van der Waals surface area contributed by atoms with Crippen molar-refractivity contribution >= 4 is 39.1 Å². The molecule has 2 aromatic heterocycles. The van der Waals surface area contributed by atoms with E-state index in [1.54, 1.807) is 13.8 Å². The van der Waals surface area contributed by atoms with Crippen LogP contribution in [0, 0.1) is 25.5 Å². The van der Waals surface area contributed by atoms with Crippen LogP contribution in [0.15, 0.2) is 23.0 Å². The molecule has 0 fully saturated rings. The fraction of sp³-hybridized carbons (Fsp3) is 0.222. The highest BCUT2D eigenvalue weighted by atomic mass is 32.1. The summed E-state index contributed by atoms with van der Waals surface area (Å²) in [6.07, 6.45) is -1.21. The third kappa shape index (κ3) is 3.77. The zero-order valence-corrected chi connectivity index (χ0v) is 15.9. The molecule has 28 heavy (non-hydrogen) atoms. The fourth-order valence-electron chi connectivity index (χ4n) is 2.53. The van der Waals surface area contributed by atoms with Crippen molar-refractivity contribution in [3.63, 3.8) is 0 Å². The monoisotopic (exact) mass is 407 g/mol. The van der Waals surface area contributed by atoms with Crippen LogP contribution in [0.5, 0.6) is 0 Å². The first-order chi connectivity index (χ1) is 13.2. The Morgan fingerprint density at radius 1 is 1.25 bits per heavy atom. The molecule has 0 unspecified atom stereocenters. The normalized spacial score (nSPS) is 12.0. The molecule has 0 aliphatic heterocycles. The Hall–Kier alpha value is -3.14. The van der Waals surface area contributed by atoms with Crippen LogP contribution in [-0.4, -0.2) is 27.9 Å². The molecule has 0 saturated heterocycles. The Balaban J connectivity index is 1.76. The number of anilines is 1. The van der Waals surface area contributed by atoms with Gasteiger partial charge in [0.1, 0.15) is 15.5 Å². The molecule has 0 aliphatic carbocycles. The number of halogens is 2. The lowest BCUT2D eigenvalue weighted by atomic mass is 10.2. The molecule has 2 N–H and O–H groups in total. The summed E-state index contributed by atoms with van der Waals surface area (Å²) in [5.74, 6) is -3.25. The van der Waals surface area contributed by atoms with Crippen LogP contribution in [-0.2, 0) is 9.53 Å². The van der Waals surface area contributed by atoms with Crippen molar-refractivity contribution in [3.05, 3.63) is 56.5 Å². The lowest BCUT2D eigenvalue weighted by molar-refractivity contribution is -0.123. The third-order valence-electron chi connectivity index (χ3n) is 3.94. The first-order valence-corrected chi connectivity index (χ1v) is 8.96. The summed E-state index contributed by atoms with van der Waals surface area (Å²) in [6.45, 7) is 4.55. The second kappa shape index (κ2) is 7.47. The summed E-state index contributed by atoms with van der Waals surface area (Å²) in [5.41, 5.74) is 0.0717. The third-order valence-corrected chi connectivity index (χ3v) is 5.11. The van der Waals surface area contributed by atoms with E-state index >= 15 is 0 Å². The summed E-state index contributed by atoms with van der Waals surface area (Å²) in [6, 6.07) is 2.87. The Morgan fingerprint density at radius 2 is 1.96 bits per heavy atom. The molecule has 0 bridgehead atoms. The van der Waals surface area contributed by atoms with Crippen LogP contribution in [0.1, 0.15) is 28.0 Å². The van der Waals surface area contributed by atoms with Crippen molar-refractivity contribution < 1.29 is 23.1 Å². The number of rotatable bonds is 4. The summed E-state index contributed by atoms with van der Waals surface area (Å²) in [4.78, 5) is 44.0. The number of carbonyl (C=O) groups excluding carboxylic acids is 2. The smallest absolute Gasteiger partial charge is 0.349 e. The van der Waals surface area contributed by atoms with E-state index in [0.717, 1.165) is 23.5 Å². The van der Waals surface area contributed by atoms with Crippen molar-refractivity contribution in [1.82, 2.24) is 9.97 Å². The van der Waals surface area contributed by atoms with Crippen molar-refractivity contribution in [3.8, 4) is 0 Å². The van der Waals surface area contributed by atoms with Gasteiger partial charge < -0.3 is 15.0 Å². The number of amides is 1. The Kier molecular flexibility index (Phi) is 5.23. The second-order valence-corrected chi connectivity index (χ2v) is 7.05. The van der Waals surface area contributed by atoms with Gasteiger partial charge in [-0.05, 0) is 38.5 Å². The van der Waals surface area contributed by atoms with Gasteiger partial charge in [0.05, 0.1) is 5.39 Å². The van der Waals surface area contributed by atoms with E-state index in [4.69, 9.17) is 4.74 Å². The van der Waals surface area contributed by atoms with Gasteiger partial charge in [0.15, 0.2) is 17.7 Å². The molecule has 0 aliphatic rings. The van der Waals surface area contributed by atoms with Crippen molar-refractivity contribution in [2.75, 3.05) is 5.32 Å². The van der Waals surface area contributed by atoms with Crippen LogP contribution in [0.3, 0.4) is 0 Å². The molecule has 1 atom stereocenters. The van der Waals surface area contributed by atoms with Gasteiger partial charge >= 0.3 is 5.97 Å². The van der Waals surface area contributed by atoms with E-state index < -0.39 is 29.6 Å². The van der Waals surface area contributed by atoms with E-state index in [0.29, 0.717) is 21.6 Å². The number of hydrogen-bond donors (Lipinski definition) is 2. The topological polar surface area (TPSA) is 101 Å². The molecule has 1 amide bonds.